The molecular weight excluding hydrogens is 248 g/mol. The Hall–Kier alpha value is -1.92. The molecule has 1 aromatic heterocycles. The van der Waals surface area contributed by atoms with Gasteiger partial charge < -0.3 is 10.4 Å². The minimum Gasteiger partial charge on any atom is -0.481 e. The molecule has 1 atom stereocenters. The van der Waals surface area contributed by atoms with E-state index in [2.05, 4.69) is 15.6 Å². The lowest BCUT2D eigenvalue weighted by Gasteiger charge is -2.25. The van der Waals surface area contributed by atoms with Gasteiger partial charge in [-0.1, -0.05) is 26.0 Å². The van der Waals surface area contributed by atoms with Gasteiger partial charge in [-0.15, -0.1) is 5.10 Å². The van der Waals surface area contributed by atoms with E-state index in [1.54, 1.807) is 6.20 Å². The number of hydrogen-bond donors (Lipinski definition) is 2. The molecule has 0 bridgehead atoms. The Balaban J connectivity index is 2.55. The number of carboxylic acid groups (broad SMARTS) is 1. The first-order valence-electron chi connectivity index (χ1n) is 6.11. The molecule has 1 heterocycles. The molecule has 0 radical (unpaired) electrons. The minimum absolute atomic E-state index is 0.0419. The average molecular weight is 268 g/mol. The first-order valence-corrected chi connectivity index (χ1v) is 6.11. The molecule has 7 heteroatoms. The molecule has 0 aliphatic heterocycles. The second-order valence-electron chi connectivity index (χ2n) is 5.73. The normalized spacial score (nSPS) is 13.0. The smallest absolute Gasteiger partial charge is 0.305 e. The fraction of sp³-hybridized carbons (Fsp3) is 0.667. The Morgan fingerprint density at radius 1 is 1.42 bits per heavy atom. The van der Waals surface area contributed by atoms with Crippen molar-refractivity contribution in [1.82, 2.24) is 20.3 Å². The van der Waals surface area contributed by atoms with E-state index < -0.39 is 5.97 Å². The third-order valence-electron chi connectivity index (χ3n) is 2.42. The number of rotatable bonds is 6. The van der Waals surface area contributed by atoms with Gasteiger partial charge >= 0.3 is 5.97 Å². The van der Waals surface area contributed by atoms with Gasteiger partial charge in [0.05, 0.1) is 12.6 Å². The summed E-state index contributed by atoms with van der Waals surface area (Å²) >= 11 is 0. The van der Waals surface area contributed by atoms with Gasteiger partial charge in [0.1, 0.15) is 6.54 Å². The Labute approximate surface area is 112 Å². The largest absolute Gasteiger partial charge is 0.481 e. The number of nitrogens with zero attached hydrogens (tertiary/aromatic N) is 3. The molecule has 1 unspecified atom stereocenters. The van der Waals surface area contributed by atoms with E-state index >= 15 is 0 Å². The maximum atomic E-state index is 11.8. The fourth-order valence-electron chi connectivity index (χ4n) is 1.86. The molecule has 0 aliphatic carbocycles. The van der Waals surface area contributed by atoms with Crippen molar-refractivity contribution in [2.75, 3.05) is 0 Å². The van der Waals surface area contributed by atoms with E-state index in [1.807, 2.05) is 20.8 Å². The van der Waals surface area contributed by atoms with Crippen LogP contribution < -0.4 is 5.32 Å². The van der Waals surface area contributed by atoms with Crippen LogP contribution in [0, 0.1) is 5.41 Å². The van der Waals surface area contributed by atoms with Gasteiger partial charge in [0.2, 0.25) is 5.91 Å². The molecule has 0 aliphatic rings. The van der Waals surface area contributed by atoms with Crippen LogP contribution >= 0.6 is 0 Å². The number of carbonyl (C=O) groups is 2. The second-order valence-corrected chi connectivity index (χ2v) is 5.73. The molecule has 0 saturated carbocycles. The highest BCUT2D eigenvalue weighted by Crippen LogP contribution is 2.22. The van der Waals surface area contributed by atoms with Crippen LogP contribution in [0.3, 0.4) is 0 Å². The van der Waals surface area contributed by atoms with Crippen molar-refractivity contribution >= 4 is 11.9 Å². The molecule has 2 N–H and O–H groups in total. The molecule has 0 spiro atoms. The van der Waals surface area contributed by atoms with Crippen molar-refractivity contribution in [1.29, 1.82) is 0 Å². The van der Waals surface area contributed by atoms with Gasteiger partial charge in [-0.2, -0.15) is 0 Å². The summed E-state index contributed by atoms with van der Waals surface area (Å²) in [5, 5.41) is 18.9. The number of hydrogen-bond acceptors (Lipinski definition) is 4. The summed E-state index contributed by atoms with van der Waals surface area (Å²) in [6, 6.07) is -0.381. The predicted molar refractivity (Wildman–Crippen MR) is 68.3 cm³/mol. The highest BCUT2D eigenvalue weighted by atomic mass is 16.4. The van der Waals surface area contributed by atoms with Crippen LogP contribution in [-0.2, 0) is 16.1 Å². The second kappa shape index (κ2) is 6.31. The quantitative estimate of drug-likeness (QED) is 0.790. The number of carbonyl (C=O) groups excluding carboxylic acids is 1. The van der Waals surface area contributed by atoms with Crippen molar-refractivity contribution < 1.29 is 14.7 Å². The third-order valence-corrected chi connectivity index (χ3v) is 2.42. The summed E-state index contributed by atoms with van der Waals surface area (Å²) in [5.41, 5.74) is -0.0549. The number of amides is 1. The molecule has 106 valence electrons. The van der Waals surface area contributed by atoms with Crippen molar-refractivity contribution in [2.45, 2.75) is 46.2 Å². The van der Waals surface area contributed by atoms with Crippen molar-refractivity contribution in [2.24, 2.45) is 5.41 Å². The third kappa shape index (κ3) is 6.54. The molecular formula is C12H20N4O3. The zero-order chi connectivity index (χ0) is 14.5. The standard InChI is InChI=1S/C12H20N4O3/c1-12(2,3)7-9(6-11(18)19)14-10(17)8-16-5-4-13-15-16/h4-5,9H,6-8H2,1-3H3,(H,14,17)(H,18,19). The van der Waals surface area contributed by atoms with Crippen LogP contribution in [0.25, 0.3) is 0 Å². The summed E-state index contributed by atoms with van der Waals surface area (Å²) in [5.74, 6) is -1.18. The van der Waals surface area contributed by atoms with Gasteiger partial charge in [0.15, 0.2) is 0 Å². The van der Waals surface area contributed by atoms with E-state index in [-0.39, 0.29) is 30.3 Å². The predicted octanol–water partition coefficient (Wildman–Crippen LogP) is 0.674. The van der Waals surface area contributed by atoms with Crippen molar-refractivity contribution in [3.8, 4) is 0 Å². The van der Waals surface area contributed by atoms with Crippen LogP contribution in [0.2, 0.25) is 0 Å². The van der Waals surface area contributed by atoms with Gasteiger partial charge in [0.25, 0.3) is 0 Å². The first-order chi connectivity index (χ1) is 8.76. The fourth-order valence-corrected chi connectivity index (χ4v) is 1.86. The molecule has 0 saturated heterocycles. The molecule has 1 rings (SSSR count). The zero-order valence-electron chi connectivity index (χ0n) is 11.5. The molecule has 7 nitrogen and oxygen atoms in total. The number of aromatic nitrogens is 3. The van der Waals surface area contributed by atoms with Gasteiger partial charge in [-0.05, 0) is 11.8 Å². The lowest BCUT2D eigenvalue weighted by Crippen LogP contribution is -2.40. The molecule has 0 fully saturated rings. The van der Waals surface area contributed by atoms with E-state index in [0.29, 0.717) is 6.42 Å². The van der Waals surface area contributed by atoms with Gasteiger partial charge in [0, 0.05) is 12.2 Å². The summed E-state index contributed by atoms with van der Waals surface area (Å²) in [7, 11) is 0. The molecule has 1 aromatic rings. The number of carboxylic acids is 1. The van der Waals surface area contributed by atoms with Gasteiger partial charge in [-0.25, -0.2) is 4.68 Å². The topological polar surface area (TPSA) is 97.1 Å². The molecule has 19 heavy (non-hydrogen) atoms. The summed E-state index contributed by atoms with van der Waals surface area (Å²) in [6.45, 7) is 6.06. The van der Waals surface area contributed by atoms with E-state index in [9.17, 15) is 9.59 Å². The van der Waals surface area contributed by atoms with Crippen LogP contribution in [0.5, 0.6) is 0 Å². The van der Waals surface area contributed by atoms with Crippen LogP contribution in [-0.4, -0.2) is 38.0 Å². The van der Waals surface area contributed by atoms with Crippen LogP contribution in [0.4, 0.5) is 0 Å². The van der Waals surface area contributed by atoms with Crippen molar-refractivity contribution in [3.05, 3.63) is 12.4 Å². The zero-order valence-corrected chi connectivity index (χ0v) is 11.5. The summed E-state index contributed by atoms with van der Waals surface area (Å²) in [6.07, 6.45) is 3.58. The lowest BCUT2D eigenvalue weighted by molar-refractivity contribution is -0.137. The molecule has 0 aromatic carbocycles. The summed E-state index contributed by atoms with van der Waals surface area (Å²) < 4.78 is 1.39. The van der Waals surface area contributed by atoms with E-state index in [0.717, 1.165) is 0 Å². The Morgan fingerprint density at radius 3 is 2.58 bits per heavy atom. The average Bonchev–Trinajstić information content (AvgIpc) is 2.65. The van der Waals surface area contributed by atoms with Crippen molar-refractivity contribution in [3.63, 3.8) is 0 Å². The van der Waals surface area contributed by atoms with E-state index in [4.69, 9.17) is 5.11 Å². The van der Waals surface area contributed by atoms with E-state index in [1.165, 1.54) is 10.9 Å². The maximum Gasteiger partial charge on any atom is 0.305 e. The Morgan fingerprint density at radius 2 is 2.11 bits per heavy atom. The minimum atomic E-state index is -0.921. The molecule has 1 amide bonds. The van der Waals surface area contributed by atoms with Gasteiger partial charge in [-0.3, -0.25) is 9.59 Å². The number of aliphatic carboxylic acids is 1. The number of nitrogens with one attached hydrogen (secondary N) is 1. The Kier molecular flexibility index (Phi) is 5.02. The SMILES string of the molecule is CC(C)(C)CC(CC(=O)O)NC(=O)Cn1ccnn1. The Bertz CT molecular complexity index is 423. The first kappa shape index (κ1) is 15.1. The van der Waals surface area contributed by atoms with Crippen LogP contribution in [0.1, 0.15) is 33.6 Å². The highest BCUT2D eigenvalue weighted by Gasteiger charge is 2.22. The maximum absolute atomic E-state index is 11.8. The monoisotopic (exact) mass is 268 g/mol. The summed E-state index contributed by atoms with van der Waals surface area (Å²) in [4.78, 5) is 22.6. The lowest BCUT2D eigenvalue weighted by atomic mass is 9.87. The van der Waals surface area contributed by atoms with Crippen LogP contribution in [0.15, 0.2) is 12.4 Å². The highest BCUT2D eigenvalue weighted by molar-refractivity contribution is 5.77.